The molecule has 0 aliphatic heterocycles. The van der Waals surface area contributed by atoms with Gasteiger partial charge in [0.2, 0.25) is 0 Å². The molecule has 2 aromatic rings. The smallest absolute Gasteiger partial charge is 0.131 e. The number of aromatic nitrogens is 2. The van der Waals surface area contributed by atoms with Crippen LogP contribution in [0.4, 0.5) is 11.4 Å². The van der Waals surface area contributed by atoms with Gasteiger partial charge >= 0.3 is 0 Å². The largest absolute Gasteiger partial charge is 0.342 e. The van der Waals surface area contributed by atoms with Crippen molar-refractivity contribution in [1.82, 2.24) is 15.3 Å². The molecule has 2 rings (SSSR count). The molecule has 4 heteroatoms. The lowest BCUT2D eigenvalue weighted by atomic mass is 10.2. The minimum atomic E-state index is 0.335. The van der Waals surface area contributed by atoms with Crippen LogP contribution in [0.5, 0.6) is 0 Å². The summed E-state index contributed by atoms with van der Waals surface area (Å²) in [6, 6.07) is 10.3. The highest BCUT2D eigenvalue weighted by atomic mass is 15.1. The van der Waals surface area contributed by atoms with Crippen molar-refractivity contribution in [3.8, 4) is 0 Å². The minimum absolute atomic E-state index is 0.335. The monoisotopic (exact) mass is 284 g/mol. The molecule has 4 nitrogen and oxygen atoms in total. The van der Waals surface area contributed by atoms with Crippen LogP contribution in [-0.4, -0.2) is 23.6 Å². The maximum absolute atomic E-state index is 4.74. The Labute approximate surface area is 127 Å². The van der Waals surface area contributed by atoms with E-state index in [9.17, 15) is 0 Å². The molecule has 1 heterocycles. The third-order valence-electron chi connectivity index (χ3n) is 3.43. The zero-order chi connectivity index (χ0) is 15.2. The van der Waals surface area contributed by atoms with Crippen LogP contribution in [0.25, 0.3) is 0 Å². The highest BCUT2D eigenvalue weighted by Crippen LogP contribution is 2.26. The van der Waals surface area contributed by atoms with Crippen molar-refractivity contribution >= 4 is 11.4 Å². The minimum Gasteiger partial charge on any atom is -0.342 e. The van der Waals surface area contributed by atoms with Crippen molar-refractivity contribution in [2.24, 2.45) is 0 Å². The quantitative estimate of drug-likeness (QED) is 0.881. The third-order valence-corrected chi connectivity index (χ3v) is 3.43. The van der Waals surface area contributed by atoms with Crippen molar-refractivity contribution < 1.29 is 0 Å². The fourth-order valence-corrected chi connectivity index (χ4v) is 2.15. The first-order valence-corrected chi connectivity index (χ1v) is 7.48. The molecule has 0 aliphatic carbocycles. The van der Waals surface area contributed by atoms with Gasteiger partial charge in [0, 0.05) is 25.2 Å². The standard InChI is InChI=1S/C17H24N4/c1-5-18-11-15-16(12-19-17(20-15)13(2)3)21(4)14-9-7-6-8-10-14/h6-10,12-13,18H,5,11H2,1-4H3. The molecule has 0 spiro atoms. The predicted molar refractivity (Wildman–Crippen MR) is 88.0 cm³/mol. The molecular formula is C17H24N4. The van der Waals surface area contributed by atoms with Crippen LogP contribution in [0.3, 0.4) is 0 Å². The summed E-state index contributed by atoms with van der Waals surface area (Å²) < 4.78 is 0. The number of para-hydroxylation sites is 1. The molecule has 0 saturated carbocycles. The third kappa shape index (κ3) is 3.79. The zero-order valence-corrected chi connectivity index (χ0v) is 13.3. The van der Waals surface area contributed by atoms with Gasteiger partial charge in [0.1, 0.15) is 5.82 Å². The van der Waals surface area contributed by atoms with E-state index in [1.807, 2.05) is 24.4 Å². The number of nitrogens with zero attached hydrogens (tertiary/aromatic N) is 3. The van der Waals surface area contributed by atoms with Gasteiger partial charge in [-0.1, -0.05) is 39.0 Å². The Morgan fingerprint density at radius 3 is 2.52 bits per heavy atom. The van der Waals surface area contributed by atoms with E-state index in [4.69, 9.17) is 4.98 Å². The molecule has 21 heavy (non-hydrogen) atoms. The molecule has 0 fully saturated rings. The molecule has 0 bridgehead atoms. The second-order valence-corrected chi connectivity index (χ2v) is 5.39. The second kappa shape index (κ2) is 7.18. The molecule has 0 unspecified atom stereocenters. The molecule has 1 N–H and O–H groups in total. The molecular weight excluding hydrogens is 260 g/mol. The fourth-order valence-electron chi connectivity index (χ4n) is 2.15. The highest BCUT2D eigenvalue weighted by molar-refractivity contribution is 5.63. The van der Waals surface area contributed by atoms with Gasteiger partial charge in [0.05, 0.1) is 17.6 Å². The first-order valence-electron chi connectivity index (χ1n) is 7.48. The van der Waals surface area contributed by atoms with E-state index < -0.39 is 0 Å². The van der Waals surface area contributed by atoms with E-state index in [-0.39, 0.29) is 0 Å². The Kier molecular flexibility index (Phi) is 5.28. The van der Waals surface area contributed by atoms with E-state index in [0.717, 1.165) is 36.0 Å². The highest BCUT2D eigenvalue weighted by Gasteiger charge is 2.13. The summed E-state index contributed by atoms with van der Waals surface area (Å²) in [6.07, 6.45) is 1.93. The number of hydrogen-bond donors (Lipinski definition) is 1. The molecule has 0 radical (unpaired) electrons. The molecule has 0 saturated heterocycles. The van der Waals surface area contributed by atoms with E-state index >= 15 is 0 Å². The lowest BCUT2D eigenvalue weighted by Crippen LogP contribution is -2.20. The Bertz CT molecular complexity index is 566. The van der Waals surface area contributed by atoms with Gasteiger partial charge in [0.15, 0.2) is 0 Å². The number of benzene rings is 1. The maximum Gasteiger partial charge on any atom is 0.131 e. The summed E-state index contributed by atoms with van der Waals surface area (Å²) in [5.41, 5.74) is 3.23. The van der Waals surface area contributed by atoms with Gasteiger partial charge in [-0.15, -0.1) is 0 Å². The number of hydrogen-bond acceptors (Lipinski definition) is 4. The normalized spacial score (nSPS) is 10.9. The average Bonchev–Trinajstić information content (AvgIpc) is 2.52. The van der Waals surface area contributed by atoms with Crippen LogP contribution in [-0.2, 0) is 6.54 Å². The van der Waals surface area contributed by atoms with Gasteiger partial charge in [-0.2, -0.15) is 0 Å². The van der Waals surface area contributed by atoms with Gasteiger partial charge in [0.25, 0.3) is 0 Å². The van der Waals surface area contributed by atoms with E-state index in [1.54, 1.807) is 0 Å². The Morgan fingerprint density at radius 2 is 1.90 bits per heavy atom. The van der Waals surface area contributed by atoms with Crippen molar-refractivity contribution in [3.05, 3.63) is 48.0 Å². The van der Waals surface area contributed by atoms with Crippen LogP contribution in [0.15, 0.2) is 36.5 Å². The summed E-state index contributed by atoms with van der Waals surface area (Å²) in [5.74, 6) is 1.23. The van der Waals surface area contributed by atoms with Crippen LogP contribution < -0.4 is 10.2 Å². The van der Waals surface area contributed by atoms with Crippen molar-refractivity contribution in [3.63, 3.8) is 0 Å². The van der Waals surface area contributed by atoms with Gasteiger partial charge < -0.3 is 10.2 Å². The Morgan fingerprint density at radius 1 is 1.19 bits per heavy atom. The van der Waals surface area contributed by atoms with Crippen molar-refractivity contribution in [2.75, 3.05) is 18.5 Å². The number of rotatable bonds is 6. The van der Waals surface area contributed by atoms with Crippen LogP contribution in [0.2, 0.25) is 0 Å². The summed E-state index contributed by atoms with van der Waals surface area (Å²) in [7, 11) is 2.05. The second-order valence-electron chi connectivity index (χ2n) is 5.39. The molecule has 0 amide bonds. The van der Waals surface area contributed by atoms with Gasteiger partial charge in [-0.05, 0) is 18.7 Å². The zero-order valence-electron chi connectivity index (χ0n) is 13.3. The maximum atomic E-state index is 4.74. The summed E-state index contributed by atoms with van der Waals surface area (Å²) in [6.45, 7) is 8.02. The SMILES string of the molecule is CCNCc1nc(C(C)C)ncc1N(C)c1ccccc1. The van der Waals surface area contributed by atoms with E-state index in [0.29, 0.717) is 5.92 Å². The van der Waals surface area contributed by atoms with Crippen molar-refractivity contribution in [1.29, 1.82) is 0 Å². The topological polar surface area (TPSA) is 41.1 Å². The van der Waals surface area contributed by atoms with Gasteiger partial charge in [-0.25, -0.2) is 9.97 Å². The van der Waals surface area contributed by atoms with Gasteiger partial charge in [-0.3, -0.25) is 0 Å². The lowest BCUT2D eigenvalue weighted by Gasteiger charge is -2.22. The van der Waals surface area contributed by atoms with Crippen LogP contribution in [0, 0.1) is 0 Å². The first-order chi connectivity index (χ1) is 10.1. The number of nitrogens with one attached hydrogen (secondary N) is 1. The molecule has 0 atom stereocenters. The lowest BCUT2D eigenvalue weighted by molar-refractivity contribution is 0.686. The van der Waals surface area contributed by atoms with Crippen molar-refractivity contribution in [2.45, 2.75) is 33.2 Å². The Balaban J connectivity index is 2.37. The van der Waals surface area contributed by atoms with E-state index in [2.05, 4.69) is 55.2 Å². The predicted octanol–water partition coefficient (Wildman–Crippen LogP) is 3.48. The summed E-state index contributed by atoms with van der Waals surface area (Å²) in [4.78, 5) is 11.4. The first kappa shape index (κ1) is 15.4. The molecule has 1 aromatic heterocycles. The average molecular weight is 284 g/mol. The Hall–Kier alpha value is -1.94. The van der Waals surface area contributed by atoms with Crippen LogP contribution in [0.1, 0.15) is 38.2 Å². The summed E-state index contributed by atoms with van der Waals surface area (Å²) in [5, 5.41) is 3.36. The number of anilines is 2. The molecule has 0 aliphatic rings. The molecule has 1 aromatic carbocycles. The van der Waals surface area contributed by atoms with Crippen LogP contribution >= 0.6 is 0 Å². The molecule has 112 valence electrons. The van der Waals surface area contributed by atoms with E-state index in [1.165, 1.54) is 0 Å². The fraction of sp³-hybridized carbons (Fsp3) is 0.412. The summed E-state index contributed by atoms with van der Waals surface area (Å²) >= 11 is 0.